The molecule has 19 heavy (non-hydrogen) atoms. The summed E-state index contributed by atoms with van der Waals surface area (Å²) in [6, 6.07) is 8.05. The Hall–Kier alpha value is -2.42. The average molecular weight is 259 g/mol. The number of nitrogens with zero attached hydrogens (tertiary/aromatic N) is 3. The topological polar surface area (TPSA) is 87.2 Å². The molecule has 6 nitrogen and oxygen atoms in total. The zero-order chi connectivity index (χ0) is 13.8. The van der Waals surface area contributed by atoms with Gasteiger partial charge in [0.15, 0.2) is 0 Å². The Morgan fingerprint density at radius 1 is 1.47 bits per heavy atom. The molecule has 98 valence electrons. The van der Waals surface area contributed by atoms with Crippen LogP contribution in [0.25, 0.3) is 0 Å². The number of carbonyl (C=O) groups is 1. The lowest BCUT2D eigenvalue weighted by molar-refractivity contribution is -0.385. The molecule has 1 aliphatic rings. The van der Waals surface area contributed by atoms with Crippen molar-refractivity contribution in [1.29, 1.82) is 5.26 Å². The van der Waals surface area contributed by atoms with Crippen LogP contribution in [-0.2, 0) is 0 Å². The second kappa shape index (κ2) is 5.48. The van der Waals surface area contributed by atoms with E-state index in [0.29, 0.717) is 6.54 Å². The first-order valence-electron chi connectivity index (χ1n) is 6.06. The van der Waals surface area contributed by atoms with E-state index in [0.717, 1.165) is 12.8 Å². The fourth-order valence-electron chi connectivity index (χ4n) is 1.98. The van der Waals surface area contributed by atoms with Crippen molar-refractivity contribution in [3.8, 4) is 6.07 Å². The van der Waals surface area contributed by atoms with Crippen molar-refractivity contribution in [1.82, 2.24) is 4.90 Å². The van der Waals surface area contributed by atoms with Gasteiger partial charge in [0.05, 0.1) is 17.4 Å². The van der Waals surface area contributed by atoms with Crippen LogP contribution >= 0.6 is 0 Å². The van der Waals surface area contributed by atoms with Gasteiger partial charge < -0.3 is 4.90 Å². The third-order valence-corrected chi connectivity index (χ3v) is 3.04. The quantitative estimate of drug-likeness (QED) is 0.598. The maximum Gasteiger partial charge on any atom is 0.282 e. The molecule has 1 aliphatic carbocycles. The van der Waals surface area contributed by atoms with Gasteiger partial charge in [0.1, 0.15) is 5.56 Å². The Morgan fingerprint density at radius 2 is 2.16 bits per heavy atom. The van der Waals surface area contributed by atoms with Crippen LogP contribution in [0.4, 0.5) is 5.69 Å². The number of carbonyl (C=O) groups excluding carboxylic acids is 1. The summed E-state index contributed by atoms with van der Waals surface area (Å²) in [5.41, 5.74) is -0.0903. The van der Waals surface area contributed by atoms with Crippen LogP contribution in [0.2, 0.25) is 0 Å². The number of nitro benzene ring substituents is 1. The summed E-state index contributed by atoms with van der Waals surface area (Å²) < 4.78 is 0. The SMILES string of the molecule is N#CCCN(C(=O)c1ccccc1[N+](=O)[O-])C1CC1. The molecule has 0 saturated heterocycles. The second-order valence-electron chi connectivity index (χ2n) is 4.41. The van der Waals surface area contributed by atoms with Crippen molar-refractivity contribution in [3.05, 3.63) is 39.9 Å². The Morgan fingerprint density at radius 3 is 2.74 bits per heavy atom. The maximum atomic E-state index is 12.4. The summed E-state index contributed by atoms with van der Waals surface area (Å²) in [7, 11) is 0. The van der Waals surface area contributed by atoms with E-state index in [1.807, 2.05) is 6.07 Å². The molecule has 1 amide bonds. The molecule has 0 N–H and O–H groups in total. The van der Waals surface area contributed by atoms with Crippen molar-refractivity contribution in [3.63, 3.8) is 0 Å². The zero-order valence-electron chi connectivity index (χ0n) is 10.3. The minimum Gasteiger partial charge on any atom is -0.334 e. The lowest BCUT2D eigenvalue weighted by atomic mass is 10.1. The number of hydrogen-bond acceptors (Lipinski definition) is 4. The van der Waals surface area contributed by atoms with E-state index in [4.69, 9.17) is 5.26 Å². The third-order valence-electron chi connectivity index (χ3n) is 3.04. The Bertz CT molecular complexity index is 546. The van der Waals surface area contributed by atoms with Crippen LogP contribution < -0.4 is 0 Å². The molecule has 0 unspecified atom stereocenters. The predicted molar refractivity (Wildman–Crippen MR) is 67.4 cm³/mol. The highest BCUT2D eigenvalue weighted by atomic mass is 16.6. The first-order valence-corrected chi connectivity index (χ1v) is 6.06. The summed E-state index contributed by atoms with van der Waals surface area (Å²) in [5, 5.41) is 19.5. The molecule has 0 heterocycles. The average Bonchev–Trinajstić information content (AvgIpc) is 3.23. The van der Waals surface area contributed by atoms with Gasteiger partial charge in [0, 0.05) is 18.7 Å². The van der Waals surface area contributed by atoms with Crippen LogP contribution in [0.5, 0.6) is 0 Å². The van der Waals surface area contributed by atoms with Crippen LogP contribution in [0.1, 0.15) is 29.6 Å². The molecule has 0 bridgehead atoms. The zero-order valence-corrected chi connectivity index (χ0v) is 10.3. The van der Waals surface area contributed by atoms with Crippen LogP contribution in [0.3, 0.4) is 0 Å². The Labute approximate surface area is 110 Å². The van der Waals surface area contributed by atoms with Crippen molar-refractivity contribution >= 4 is 11.6 Å². The largest absolute Gasteiger partial charge is 0.334 e. The molecule has 0 atom stereocenters. The molecule has 0 aromatic heterocycles. The molecule has 1 fully saturated rings. The molecule has 1 aromatic rings. The van der Waals surface area contributed by atoms with Gasteiger partial charge >= 0.3 is 0 Å². The molecular weight excluding hydrogens is 246 g/mol. The van der Waals surface area contributed by atoms with Gasteiger partial charge in [-0.1, -0.05) is 12.1 Å². The molecule has 1 aromatic carbocycles. The number of amides is 1. The summed E-state index contributed by atoms with van der Waals surface area (Å²) in [6.45, 7) is 0.325. The van der Waals surface area contributed by atoms with Crippen molar-refractivity contribution < 1.29 is 9.72 Å². The van der Waals surface area contributed by atoms with Crippen LogP contribution in [0.15, 0.2) is 24.3 Å². The smallest absolute Gasteiger partial charge is 0.282 e. The normalized spacial score (nSPS) is 13.6. The van der Waals surface area contributed by atoms with Gasteiger partial charge in [0.2, 0.25) is 0 Å². The number of rotatable bonds is 5. The molecule has 1 saturated carbocycles. The van der Waals surface area contributed by atoms with Gasteiger partial charge in [-0.05, 0) is 18.9 Å². The number of nitriles is 1. The second-order valence-corrected chi connectivity index (χ2v) is 4.41. The van der Waals surface area contributed by atoms with E-state index in [2.05, 4.69) is 0 Å². The first kappa shape index (κ1) is 13.0. The highest BCUT2D eigenvalue weighted by Crippen LogP contribution is 2.30. The third kappa shape index (κ3) is 2.88. The van der Waals surface area contributed by atoms with Gasteiger partial charge in [-0.3, -0.25) is 14.9 Å². The van der Waals surface area contributed by atoms with Crippen molar-refractivity contribution in [2.45, 2.75) is 25.3 Å². The fourth-order valence-corrected chi connectivity index (χ4v) is 1.98. The highest BCUT2D eigenvalue weighted by Gasteiger charge is 2.34. The number of para-hydroxylation sites is 1. The number of hydrogen-bond donors (Lipinski definition) is 0. The predicted octanol–water partition coefficient (Wildman–Crippen LogP) is 2.11. The van der Waals surface area contributed by atoms with E-state index < -0.39 is 4.92 Å². The van der Waals surface area contributed by atoms with E-state index in [1.54, 1.807) is 11.0 Å². The van der Waals surface area contributed by atoms with E-state index in [1.165, 1.54) is 18.2 Å². The summed E-state index contributed by atoms with van der Waals surface area (Å²) in [4.78, 5) is 24.3. The summed E-state index contributed by atoms with van der Waals surface area (Å²) >= 11 is 0. The summed E-state index contributed by atoms with van der Waals surface area (Å²) in [5.74, 6) is -0.356. The monoisotopic (exact) mass is 259 g/mol. The highest BCUT2D eigenvalue weighted by molar-refractivity contribution is 5.98. The van der Waals surface area contributed by atoms with Crippen molar-refractivity contribution in [2.75, 3.05) is 6.54 Å². The van der Waals surface area contributed by atoms with E-state index >= 15 is 0 Å². The van der Waals surface area contributed by atoms with E-state index in [9.17, 15) is 14.9 Å². The van der Waals surface area contributed by atoms with Gasteiger partial charge in [-0.25, -0.2) is 0 Å². The fraction of sp³-hybridized carbons (Fsp3) is 0.385. The number of benzene rings is 1. The van der Waals surface area contributed by atoms with Crippen LogP contribution in [0, 0.1) is 21.4 Å². The minimum atomic E-state index is -0.553. The van der Waals surface area contributed by atoms with Gasteiger partial charge in [0.25, 0.3) is 11.6 Å². The van der Waals surface area contributed by atoms with Gasteiger partial charge in [-0.2, -0.15) is 5.26 Å². The van der Waals surface area contributed by atoms with Crippen molar-refractivity contribution in [2.24, 2.45) is 0 Å². The molecule has 0 spiro atoms. The minimum absolute atomic E-state index is 0.0948. The molecule has 2 rings (SSSR count). The molecule has 0 aliphatic heterocycles. The van der Waals surface area contributed by atoms with Gasteiger partial charge in [-0.15, -0.1) is 0 Å². The maximum absolute atomic E-state index is 12.4. The lowest BCUT2D eigenvalue weighted by Crippen LogP contribution is -2.34. The standard InChI is InChI=1S/C13H13N3O3/c14-8-3-9-15(10-6-7-10)13(17)11-4-1-2-5-12(11)16(18)19/h1-2,4-5,10H,3,6-7,9H2. The Kier molecular flexibility index (Phi) is 3.76. The lowest BCUT2D eigenvalue weighted by Gasteiger charge is -2.21. The summed E-state index contributed by atoms with van der Waals surface area (Å²) in [6.07, 6.45) is 2.04. The number of nitro groups is 1. The molecule has 6 heteroatoms. The Balaban J connectivity index is 2.26. The molecular formula is C13H13N3O3. The van der Waals surface area contributed by atoms with E-state index in [-0.39, 0.29) is 29.6 Å². The first-order chi connectivity index (χ1) is 9.15. The van der Waals surface area contributed by atoms with Crippen LogP contribution in [-0.4, -0.2) is 28.3 Å². The molecule has 0 radical (unpaired) electrons.